The van der Waals surface area contributed by atoms with Crippen molar-refractivity contribution in [3.63, 3.8) is 0 Å². The number of fused-ring (bicyclic) bond motifs is 1. The van der Waals surface area contributed by atoms with Crippen LogP contribution in [0.4, 0.5) is 0 Å². The van der Waals surface area contributed by atoms with Gasteiger partial charge < -0.3 is 9.47 Å². The summed E-state index contributed by atoms with van der Waals surface area (Å²) in [4.78, 5) is 12.9. The van der Waals surface area contributed by atoms with Gasteiger partial charge in [-0.05, 0) is 25.0 Å². The standard InChI is InChI=1S/C17H15N5O2/c18-8-12-9-19-17(24-13-4-3-7-23-10-13)21-16(12)22-11-20-14-5-1-2-6-15(14)22/h1-2,5-6,9,11,13H,3-4,7,10H2. The van der Waals surface area contributed by atoms with E-state index in [0.717, 1.165) is 30.5 Å². The van der Waals surface area contributed by atoms with E-state index in [4.69, 9.17) is 9.47 Å². The Kier molecular flexibility index (Phi) is 3.81. The van der Waals surface area contributed by atoms with Crippen LogP contribution in [-0.2, 0) is 4.74 Å². The summed E-state index contributed by atoms with van der Waals surface area (Å²) in [6, 6.07) is 10.1. The molecule has 0 saturated carbocycles. The fourth-order valence-corrected chi connectivity index (χ4v) is 2.76. The minimum Gasteiger partial charge on any atom is -0.458 e. The number of para-hydroxylation sites is 2. The van der Waals surface area contributed by atoms with Crippen molar-refractivity contribution in [1.29, 1.82) is 5.26 Å². The van der Waals surface area contributed by atoms with E-state index < -0.39 is 0 Å². The number of aromatic nitrogens is 4. The van der Waals surface area contributed by atoms with Crippen LogP contribution in [0, 0.1) is 11.3 Å². The zero-order valence-electron chi connectivity index (χ0n) is 12.9. The summed E-state index contributed by atoms with van der Waals surface area (Å²) in [5, 5.41) is 9.38. The Labute approximate surface area is 138 Å². The lowest BCUT2D eigenvalue weighted by atomic mass is 10.2. The molecule has 7 heteroatoms. The molecule has 1 aromatic carbocycles. The highest BCUT2D eigenvalue weighted by Crippen LogP contribution is 2.21. The Balaban J connectivity index is 1.73. The number of imidazole rings is 1. The van der Waals surface area contributed by atoms with Crippen molar-refractivity contribution in [3.8, 4) is 17.9 Å². The lowest BCUT2D eigenvalue weighted by Gasteiger charge is -2.22. The van der Waals surface area contributed by atoms with Crippen molar-refractivity contribution in [2.24, 2.45) is 0 Å². The molecule has 7 nitrogen and oxygen atoms in total. The number of nitrogens with zero attached hydrogens (tertiary/aromatic N) is 5. The zero-order valence-corrected chi connectivity index (χ0v) is 12.9. The summed E-state index contributed by atoms with van der Waals surface area (Å²) in [7, 11) is 0. The molecule has 0 N–H and O–H groups in total. The van der Waals surface area contributed by atoms with E-state index in [-0.39, 0.29) is 12.1 Å². The second-order valence-corrected chi connectivity index (χ2v) is 5.56. The molecule has 2 aromatic heterocycles. The van der Waals surface area contributed by atoms with Crippen LogP contribution in [0.15, 0.2) is 36.8 Å². The zero-order chi connectivity index (χ0) is 16.4. The predicted molar refractivity (Wildman–Crippen MR) is 85.8 cm³/mol. The molecule has 0 bridgehead atoms. The molecule has 1 saturated heterocycles. The first-order valence-corrected chi connectivity index (χ1v) is 7.79. The second-order valence-electron chi connectivity index (χ2n) is 5.56. The minimum absolute atomic E-state index is 0.0564. The SMILES string of the molecule is N#Cc1cnc(OC2CCCOC2)nc1-n1cnc2ccccc21. The van der Waals surface area contributed by atoms with Crippen LogP contribution in [0.25, 0.3) is 16.9 Å². The molecule has 3 aromatic rings. The van der Waals surface area contributed by atoms with Gasteiger partial charge in [-0.25, -0.2) is 9.97 Å². The summed E-state index contributed by atoms with van der Waals surface area (Å²) < 4.78 is 13.0. The van der Waals surface area contributed by atoms with Gasteiger partial charge in [-0.3, -0.25) is 4.57 Å². The van der Waals surface area contributed by atoms with Crippen molar-refractivity contribution in [2.45, 2.75) is 18.9 Å². The van der Waals surface area contributed by atoms with Gasteiger partial charge in [-0.2, -0.15) is 10.2 Å². The summed E-state index contributed by atoms with van der Waals surface area (Å²) in [5.74, 6) is 0.466. The first-order chi connectivity index (χ1) is 11.8. The van der Waals surface area contributed by atoms with Crippen LogP contribution in [0.3, 0.4) is 0 Å². The van der Waals surface area contributed by atoms with Crippen LogP contribution < -0.4 is 4.74 Å². The lowest BCUT2D eigenvalue weighted by Crippen LogP contribution is -2.28. The normalized spacial score (nSPS) is 17.5. The first-order valence-electron chi connectivity index (χ1n) is 7.79. The third-order valence-corrected chi connectivity index (χ3v) is 3.94. The van der Waals surface area contributed by atoms with Gasteiger partial charge in [0.2, 0.25) is 0 Å². The highest BCUT2D eigenvalue weighted by Gasteiger charge is 2.18. The topological polar surface area (TPSA) is 85.9 Å². The van der Waals surface area contributed by atoms with Gasteiger partial charge in [0.05, 0.1) is 23.8 Å². The highest BCUT2D eigenvalue weighted by molar-refractivity contribution is 5.77. The number of hydrogen-bond donors (Lipinski definition) is 0. The summed E-state index contributed by atoms with van der Waals surface area (Å²) in [5.41, 5.74) is 2.08. The van der Waals surface area contributed by atoms with Crippen LogP contribution in [0.1, 0.15) is 18.4 Å². The maximum Gasteiger partial charge on any atom is 0.318 e. The van der Waals surface area contributed by atoms with Gasteiger partial charge in [-0.1, -0.05) is 12.1 Å². The first kappa shape index (κ1) is 14.6. The third-order valence-electron chi connectivity index (χ3n) is 3.94. The van der Waals surface area contributed by atoms with Gasteiger partial charge in [0.1, 0.15) is 24.1 Å². The Hall–Kier alpha value is -2.98. The van der Waals surface area contributed by atoms with E-state index in [1.807, 2.05) is 24.3 Å². The maximum absolute atomic E-state index is 9.38. The molecule has 0 radical (unpaired) electrons. The van der Waals surface area contributed by atoms with E-state index in [2.05, 4.69) is 21.0 Å². The van der Waals surface area contributed by atoms with E-state index in [0.29, 0.717) is 18.0 Å². The summed E-state index contributed by atoms with van der Waals surface area (Å²) >= 11 is 0. The van der Waals surface area contributed by atoms with Gasteiger partial charge in [0, 0.05) is 6.61 Å². The average molecular weight is 321 g/mol. The largest absolute Gasteiger partial charge is 0.458 e. The molecule has 0 amide bonds. The van der Waals surface area contributed by atoms with E-state index in [9.17, 15) is 5.26 Å². The molecule has 24 heavy (non-hydrogen) atoms. The van der Waals surface area contributed by atoms with Crippen LogP contribution >= 0.6 is 0 Å². The minimum atomic E-state index is -0.0564. The molecule has 1 unspecified atom stereocenters. The Morgan fingerprint density at radius 3 is 3.04 bits per heavy atom. The van der Waals surface area contributed by atoms with E-state index >= 15 is 0 Å². The number of ether oxygens (including phenoxy) is 2. The predicted octanol–water partition coefficient (Wildman–Crippen LogP) is 2.24. The average Bonchev–Trinajstić information content (AvgIpc) is 3.06. The maximum atomic E-state index is 9.38. The smallest absolute Gasteiger partial charge is 0.318 e. The molecule has 1 fully saturated rings. The van der Waals surface area contributed by atoms with Crippen molar-refractivity contribution in [2.75, 3.05) is 13.2 Å². The third kappa shape index (κ3) is 2.68. The molecule has 120 valence electrons. The van der Waals surface area contributed by atoms with Crippen molar-refractivity contribution >= 4 is 11.0 Å². The molecular formula is C17H15N5O2. The Morgan fingerprint density at radius 1 is 1.29 bits per heavy atom. The molecule has 0 spiro atoms. The van der Waals surface area contributed by atoms with Crippen LogP contribution in [-0.4, -0.2) is 38.8 Å². The fourth-order valence-electron chi connectivity index (χ4n) is 2.76. The van der Waals surface area contributed by atoms with Gasteiger partial charge in [0.25, 0.3) is 0 Å². The molecule has 0 aliphatic carbocycles. The number of rotatable bonds is 3. The molecule has 1 aliphatic rings. The van der Waals surface area contributed by atoms with Crippen molar-refractivity contribution in [1.82, 2.24) is 19.5 Å². The molecule has 4 rings (SSSR count). The van der Waals surface area contributed by atoms with Gasteiger partial charge in [0.15, 0.2) is 5.82 Å². The second kappa shape index (κ2) is 6.26. The van der Waals surface area contributed by atoms with Crippen molar-refractivity contribution < 1.29 is 9.47 Å². The molecular weight excluding hydrogens is 306 g/mol. The Bertz CT molecular complexity index is 909. The molecule has 1 aliphatic heterocycles. The molecule has 1 atom stereocenters. The fraction of sp³-hybridized carbons (Fsp3) is 0.294. The molecule has 3 heterocycles. The number of nitriles is 1. The van der Waals surface area contributed by atoms with Crippen LogP contribution in [0.2, 0.25) is 0 Å². The van der Waals surface area contributed by atoms with E-state index in [1.165, 1.54) is 6.20 Å². The summed E-state index contributed by atoms with van der Waals surface area (Å²) in [6.07, 6.45) is 4.95. The van der Waals surface area contributed by atoms with Crippen molar-refractivity contribution in [3.05, 3.63) is 42.4 Å². The number of benzene rings is 1. The van der Waals surface area contributed by atoms with Crippen LogP contribution in [0.5, 0.6) is 6.01 Å². The summed E-state index contributed by atoms with van der Waals surface area (Å²) in [6.45, 7) is 1.30. The van der Waals surface area contributed by atoms with Gasteiger partial charge in [-0.15, -0.1) is 0 Å². The van der Waals surface area contributed by atoms with Gasteiger partial charge >= 0.3 is 6.01 Å². The van der Waals surface area contributed by atoms with E-state index in [1.54, 1.807) is 10.9 Å². The Morgan fingerprint density at radius 2 is 2.21 bits per heavy atom. The quantitative estimate of drug-likeness (QED) is 0.735. The monoisotopic (exact) mass is 321 g/mol. The highest BCUT2D eigenvalue weighted by atomic mass is 16.5. The number of hydrogen-bond acceptors (Lipinski definition) is 6. The lowest BCUT2D eigenvalue weighted by molar-refractivity contribution is 0.00336.